The van der Waals surface area contributed by atoms with Crippen molar-refractivity contribution < 1.29 is 17.9 Å². The van der Waals surface area contributed by atoms with Crippen LogP contribution in [-0.4, -0.2) is 75.8 Å². The first-order valence-electron chi connectivity index (χ1n) is 7.93. The molecule has 0 aliphatic carbocycles. The van der Waals surface area contributed by atoms with Crippen molar-refractivity contribution in [2.75, 3.05) is 44.3 Å². The summed E-state index contributed by atoms with van der Waals surface area (Å²) in [5.74, 6) is 0.815. The maximum absolute atomic E-state index is 11.8. The summed E-state index contributed by atoms with van der Waals surface area (Å²) in [4.78, 5) is 14.2. The molecule has 128 valence electrons. The van der Waals surface area contributed by atoms with Gasteiger partial charge in [-0.3, -0.25) is 4.90 Å². The van der Waals surface area contributed by atoms with Crippen LogP contribution in [0.3, 0.4) is 0 Å². The van der Waals surface area contributed by atoms with Crippen molar-refractivity contribution >= 4 is 15.9 Å². The summed E-state index contributed by atoms with van der Waals surface area (Å²) in [6.07, 6.45) is 0.489. The molecular formula is C14H27N3O4S. The number of urea groups is 1. The Morgan fingerprint density at radius 2 is 2.18 bits per heavy atom. The number of hydrogen-bond donors (Lipinski definition) is 2. The maximum atomic E-state index is 11.8. The first-order chi connectivity index (χ1) is 10.3. The predicted molar refractivity (Wildman–Crippen MR) is 84.6 cm³/mol. The molecule has 2 rings (SSSR count). The Hall–Kier alpha value is -0.860. The number of rotatable bonds is 5. The summed E-state index contributed by atoms with van der Waals surface area (Å²) in [7, 11) is -2.97. The summed E-state index contributed by atoms with van der Waals surface area (Å²) in [6.45, 7) is 8.28. The van der Waals surface area contributed by atoms with Crippen LogP contribution in [0.4, 0.5) is 4.79 Å². The molecule has 2 aliphatic rings. The Labute approximate surface area is 132 Å². The van der Waals surface area contributed by atoms with Crippen molar-refractivity contribution in [1.82, 2.24) is 15.5 Å². The number of carbonyl (C=O) groups excluding carboxylic acids is 1. The van der Waals surface area contributed by atoms with Gasteiger partial charge >= 0.3 is 6.03 Å². The molecule has 0 aromatic rings. The van der Waals surface area contributed by atoms with Gasteiger partial charge in [0.25, 0.3) is 0 Å². The molecule has 2 aliphatic heterocycles. The van der Waals surface area contributed by atoms with E-state index < -0.39 is 9.84 Å². The first-order valence-corrected chi connectivity index (χ1v) is 9.75. The topological polar surface area (TPSA) is 87.7 Å². The van der Waals surface area contributed by atoms with Crippen molar-refractivity contribution in [1.29, 1.82) is 0 Å². The van der Waals surface area contributed by atoms with E-state index in [2.05, 4.69) is 29.4 Å². The molecule has 0 radical (unpaired) electrons. The van der Waals surface area contributed by atoms with Crippen LogP contribution in [0.15, 0.2) is 0 Å². The van der Waals surface area contributed by atoms with Crippen molar-refractivity contribution in [2.45, 2.75) is 32.4 Å². The van der Waals surface area contributed by atoms with E-state index in [4.69, 9.17) is 4.74 Å². The normalized spacial score (nSPS) is 28.7. The van der Waals surface area contributed by atoms with E-state index in [9.17, 15) is 13.2 Å². The third-order valence-corrected chi connectivity index (χ3v) is 5.67. The van der Waals surface area contributed by atoms with Crippen LogP contribution in [0.5, 0.6) is 0 Å². The van der Waals surface area contributed by atoms with Crippen molar-refractivity contribution in [3.05, 3.63) is 0 Å². The van der Waals surface area contributed by atoms with Crippen LogP contribution in [0.1, 0.15) is 20.3 Å². The van der Waals surface area contributed by atoms with Crippen molar-refractivity contribution in [2.24, 2.45) is 5.92 Å². The zero-order valence-electron chi connectivity index (χ0n) is 13.4. The Morgan fingerprint density at radius 1 is 1.41 bits per heavy atom. The lowest BCUT2D eigenvalue weighted by Gasteiger charge is -2.34. The van der Waals surface area contributed by atoms with Crippen LogP contribution in [0.2, 0.25) is 0 Å². The fourth-order valence-electron chi connectivity index (χ4n) is 2.94. The fourth-order valence-corrected chi connectivity index (χ4v) is 4.61. The van der Waals surface area contributed by atoms with Crippen molar-refractivity contribution in [3.63, 3.8) is 0 Å². The van der Waals surface area contributed by atoms with E-state index in [1.165, 1.54) is 0 Å². The van der Waals surface area contributed by atoms with Gasteiger partial charge in [0, 0.05) is 32.2 Å². The SMILES string of the molecule is CC(C)CN1CCO[C@H](CNC(=O)N[C@@H]2CCS(=O)(=O)C2)C1. The summed E-state index contributed by atoms with van der Waals surface area (Å²) in [6, 6.07) is -0.582. The second-order valence-corrected chi connectivity index (χ2v) is 8.83. The maximum Gasteiger partial charge on any atom is 0.315 e. The van der Waals surface area contributed by atoms with Crippen LogP contribution >= 0.6 is 0 Å². The van der Waals surface area contributed by atoms with Crippen LogP contribution in [0, 0.1) is 5.92 Å². The molecule has 0 spiro atoms. The van der Waals surface area contributed by atoms with Gasteiger partial charge in [0.2, 0.25) is 0 Å². The second kappa shape index (κ2) is 7.61. The van der Waals surface area contributed by atoms with Gasteiger partial charge in [-0.25, -0.2) is 13.2 Å². The quantitative estimate of drug-likeness (QED) is 0.729. The lowest BCUT2D eigenvalue weighted by atomic mass is 10.2. The predicted octanol–water partition coefficient (Wildman–Crippen LogP) is -0.170. The summed E-state index contributed by atoms with van der Waals surface area (Å²) >= 11 is 0. The molecule has 0 aromatic carbocycles. The van der Waals surface area contributed by atoms with E-state index in [1.54, 1.807) is 0 Å². The molecule has 2 amide bonds. The summed E-state index contributed by atoms with van der Waals surface area (Å²) in [5.41, 5.74) is 0. The van der Waals surface area contributed by atoms with Crippen molar-refractivity contribution in [3.8, 4) is 0 Å². The number of morpholine rings is 1. The van der Waals surface area contributed by atoms with Gasteiger partial charge in [-0.15, -0.1) is 0 Å². The third kappa shape index (κ3) is 5.73. The van der Waals surface area contributed by atoms with Gasteiger partial charge < -0.3 is 15.4 Å². The number of nitrogens with zero attached hydrogens (tertiary/aromatic N) is 1. The zero-order valence-corrected chi connectivity index (χ0v) is 14.2. The van der Waals surface area contributed by atoms with E-state index in [0.717, 1.165) is 19.6 Å². The minimum Gasteiger partial charge on any atom is -0.374 e. The molecule has 2 saturated heterocycles. The summed E-state index contributed by atoms with van der Waals surface area (Å²) < 4.78 is 28.4. The van der Waals surface area contributed by atoms with Gasteiger partial charge in [-0.2, -0.15) is 0 Å². The van der Waals surface area contributed by atoms with Gasteiger partial charge in [0.1, 0.15) is 0 Å². The molecule has 8 heteroatoms. The molecule has 0 aromatic heterocycles. The smallest absolute Gasteiger partial charge is 0.315 e. The second-order valence-electron chi connectivity index (χ2n) is 6.60. The largest absolute Gasteiger partial charge is 0.374 e. The molecule has 2 N–H and O–H groups in total. The molecule has 0 bridgehead atoms. The zero-order chi connectivity index (χ0) is 16.2. The Morgan fingerprint density at radius 3 is 2.82 bits per heavy atom. The molecule has 2 fully saturated rings. The third-order valence-electron chi connectivity index (χ3n) is 3.90. The Balaban J connectivity index is 1.67. The van der Waals surface area contributed by atoms with Crippen LogP contribution < -0.4 is 10.6 Å². The first kappa shape index (κ1) is 17.5. The van der Waals surface area contributed by atoms with E-state index in [1.807, 2.05) is 0 Å². The number of amides is 2. The average Bonchev–Trinajstić information content (AvgIpc) is 2.75. The average molecular weight is 333 g/mol. The van der Waals surface area contributed by atoms with Gasteiger partial charge in [-0.1, -0.05) is 13.8 Å². The van der Waals surface area contributed by atoms with Gasteiger partial charge in [-0.05, 0) is 12.3 Å². The van der Waals surface area contributed by atoms with E-state index in [-0.39, 0.29) is 29.7 Å². The minimum absolute atomic E-state index is 0.00874. The van der Waals surface area contributed by atoms with Crippen LogP contribution in [-0.2, 0) is 14.6 Å². The number of carbonyl (C=O) groups is 1. The molecule has 0 saturated carbocycles. The molecule has 2 heterocycles. The Bertz CT molecular complexity index is 480. The minimum atomic E-state index is -2.97. The van der Waals surface area contributed by atoms with Gasteiger partial charge in [0.05, 0.1) is 24.2 Å². The number of hydrogen-bond acceptors (Lipinski definition) is 5. The Kier molecular flexibility index (Phi) is 6.05. The highest BCUT2D eigenvalue weighted by molar-refractivity contribution is 7.91. The molecule has 22 heavy (non-hydrogen) atoms. The number of ether oxygens (including phenoxy) is 1. The lowest BCUT2D eigenvalue weighted by molar-refractivity contribution is -0.0290. The standard InChI is InChI=1S/C14H27N3O4S/c1-11(2)8-17-4-5-21-13(9-17)7-15-14(18)16-12-3-6-22(19,20)10-12/h11-13H,3-10H2,1-2H3,(H2,15,16,18)/t12-,13-/m1/s1. The highest BCUT2D eigenvalue weighted by atomic mass is 32.2. The molecular weight excluding hydrogens is 306 g/mol. The van der Waals surface area contributed by atoms with Gasteiger partial charge in [0.15, 0.2) is 9.84 Å². The lowest BCUT2D eigenvalue weighted by Crippen LogP contribution is -2.51. The molecule has 2 atom stereocenters. The highest BCUT2D eigenvalue weighted by Crippen LogP contribution is 2.11. The highest BCUT2D eigenvalue weighted by Gasteiger charge is 2.29. The fraction of sp³-hybridized carbons (Fsp3) is 0.929. The number of nitrogens with one attached hydrogen (secondary N) is 2. The molecule has 7 nitrogen and oxygen atoms in total. The van der Waals surface area contributed by atoms with E-state index >= 15 is 0 Å². The monoisotopic (exact) mass is 333 g/mol. The summed E-state index contributed by atoms with van der Waals surface area (Å²) in [5, 5.41) is 5.50. The van der Waals surface area contributed by atoms with E-state index in [0.29, 0.717) is 25.5 Å². The number of sulfone groups is 1. The molecule has 0 unspecified atom stereocenters. The van der Waals surface area contributed by atoms with Crippen LogP contribution in [0.25, 0.3) is 0 Å².